The predicted molar refractivity (Wildman–Crippen MR) is 130 cm³/mol. The van der Waals surface area contributed by atoms with Crippen molar-refractivity contribution in [2.45, 2.75) is 75.5 Å². The van der Waals surface area contributed by atoms with Crippen LogP contribution in [-0.2, 0) is 28.0 Å². The third kappa shape index (κ3) is 4.02. The van der Waals surface area contributed by atoms with Crippen molar-refractivity contribution in [1.29, 1.82) is 0 Å². The lowest BCUT2D eigenvalue weighted by atomic mass is 9.76. The summed E-state index contributed by atoms with van der Waals surface area (Å²) in [6.45, 7) is 2.07. The maximum Gasteiger partial charge on any atom is 0.453 e. The van der Waals surface area contributed by atoms with E-state index in [0.29, 0.717) is 24.8 Å². The van der Waals surface area contributed by atoms with Gasteiger partial charge >= 0.3 is 12.1 Å². The first-order valence-corrected chi connectivity index (χ1v) is 12.8. The standard InChI is InChI=1S/C24H24F5N9O2/c1-2-38-19-12(9-31-38)15(33-13(34-19)7-8-22(25,26)24(27,28)29)18-35-16(30)14-17(36-18)37-21(40)23(14,10-3-4-10)20(39)32-11-5-6-11/h9-11H,2-8H2,1H3,(H,32,39)(H3,30,35,36,37,40). The number of alkyl halides is 5. The molecule has 2 saturated carbocycles. The van der Waals surface area contributed by atoms with Crippen LogP contribution in [0.25, 0.3) is 22.6 Å². The van der Waals surface area contributed by atoms with Gasteiger partial charge in [-0.1, -0.05) is 0 Å². The fourth-order valence-electron chi connectivity index (χ4n) is 5.14. The van der Waals surface area contributed by atoms with E-state index >= 15 is 0 Å². The van der Waals surface area contributed by atoms with Crippen molar-refractivity contribution in [2.24, 2.45) is 5.92 Å². The highest BCUT2D eigenvalue weighted by atomic mass is 19.4. The zero-order chi connectivity index (χ0) is 28.6. The smallest absolute Gasteiger partial charge is 0.383 e. The van der Waals surface area contributed by atoms with E-state index in [2.05, 4.69) is 35.7 Å². The number of aryl methyl sites for hydroxylation is 2. The van der Waals surface area contributed by atoms with Gasteiger partial charge in [0.15, 0.2) is 16.9 Å². The van der Waals surface area contributed by atoms with Gasteiger partial charge in [0.2, 0.25) is 11.8 Å². The SMILES string of the molecule is CCn1ncc2c(-c3nc(N)c4c(n3)NC(=O)C4(C(=O)NC3CC3)C3CC3)nc(CCC(F)(F)C(F)(F)F)nc21. The van der Waals surface area contributed by atoms with Crippen LogP contribution in [0, 0.1) is 5.92 Å². The van der Waals surface area contributed by atoms with Crippen molar-refractivity contribution in [3.8, 4) is 11.5 Å². The lowest BCUT2D eigenvalue weighted by Gasteiger charge is -2.26. The number of aromatic nitrogens is 6. The van der Waals surface area contributed by atoms with E-state index in [1.54, 1.807) is 6.92 Å². The molecule has 2 fully saturated rings. The van der Waals surface area contributed by atoms with E-state index in [1.165, 1.54) is 10.9 Å². The number of halogens is 5. The van der Waals surface area contributed by atoms with Gasteiger partial charge in [0.25, 0.3) is 0 Å². The van der Waals surface area contributed by atoms with Crippen molar-refractivity contribution < 1.29 is 31.5 Å². The van der Waals surface area contributed by atoms with E-state index < -0.39 is 42.2 Å². The lowest BCUT2D eigenvalue weighted by molar-refractivity contribution is -0.284. The van der Waals surface area contributed by atoms with Gasteiger partial charge in [-0.25, -0.2) is 24.6 Å². The van der Waals surface area contributed by atoms with E-state index in [9.17, 15) is 31.5 Å². The molecule has 2 aliphatic carbocycles. The lowest BCUT2D eigenvalue weighted by Crippen LogP contribution is -2.51. The number of rotatable bonds is 8. The number of nitrogens with two attached hydrogens (primary N) is 1. The normalized spacial score (nSPS) is 21.0. The Labute approximate surface area is 223 Å². The van der Waals surface area contributed by atoms with Gasteiger partial charge in [0.05, 0.1) is 17.1 Å². The van der Waals surface area contributed by atoms with Gasteiger partial charge in [-0.3, -0.25) is 9.59 Å². The number of hydrogen-bond acceptors (Lipinski definition) is 8. The number of amides is 2. The Kier molecular flexibility index (Phi) is 5.75. The molecular weight excluding hydrogens is 541 g/mol. The molecule has 0 saturated heterocycles. The minimum absolute atomic E-state index is 0.00561. The second-order valence-corrected chi connectivity index (χ2v) is 10.3. The van der Waals surface area contributed by atoms with Crippen LogP contribution in [0.2, 0.25) is 0 Å². The zero-order valence-electron chi connectivity index (χ0n) is 21.1. The Morgan fingerprint density at radius 3 is 2.50 bits per heavy atom. The molecule has 0 bridgehead atoms. The number of fused-ring (bicyclic) bond motifs is 2. The summed E-state index contributed by atoms with van der Waals surface area (Å²) in [6.07, 6.45) is -3.78. The highest BCUT2D eigenvalue weighted by Crippen LogP contribution is 2.54. The van der Waals surface area contributed by atoms with Gasteiger partial charge in [0, 0.05) is 25.4 Å². The third-order valence-electron chi connectivity index (χ3n) is 7.51. The van der Waals surface area contributed by atoms with Crippen LogP contribution in [0.5, 0.6) is 0 Å². The van der Waals surface area contributed by atoms with E-state index in [-0.39, 0.29) is 52.1 Å². The Balaban J connectivity index is 1.44. The Morgan fingerprint density at radius 2 is 1.88 bits per heavy atom. The molecule has 40 heavy (non-hydrogen) atoms. The molecule has 0 radical (unpaired) electrons. The molecule has 3 aromatic rings. The fourth-order valence-corrected chi connectivity index (χ4v) is 5.14. The second kappa shape index (κ2) is 8.76. The summed E-state index contributed by atoms with van der Waals surface area (Å²) in [5.74, 6) is -6.80. The number of carbonyl (C=O) groups excluding carboxylic acids is 2. The largest absolute Gasteiger partial charge is 0.453 e. The fraction of sp³-hybridized carbons (Fsp3) is 0.542. The molecule has 1 aliphatic heterocycles. The second-order valence-electron chi connectivity index (χ2n) is 10.3. The maximum absolute atomic E-state index is 13.7. The van der Waals surface area contributed by atoms with Gasteiger partial charge in [-0.2, -0.15) is 27.1 Å². The number of anilines is 2. The minimum Gasteiger partial charge on any atom is -0.383 e. The topological polar surface area (TPSA) is 154 Å². The highest BCUT2D eigenvalue weighted by Gasteiger charge is 2.64. The molecule has 4 heterocycles. The molecule has 16 heteroatoms. The van der Waals surface area contributed by atoms with Crippen molar-refractivity contribution in [1.82, 2.24) is 35.0 Å². The van der Waals surface area contributed by atoms with E-state index in [1.807, 2.05) is 0 Å². The van der Waals surface area contributed by atoms with Crippen LogP contribution in [0.15, 0.2) is 6.20 Å². The monoisotopic (exact) mass is 565 g/mol. The van der Waals surface area contributed by atoms with Crippen LogP contribution in [-0.4, -0.2) is 59.7 Å². The molecule has 0 spiro atoms. The van der Waals surface area contributed by atoms with Crippen molar-refractivity contribution >= 4 is 34.5 Å². The van der Waals surface area contributed by atoms with Crippen LogP contribution in [0.3, 0.4) is 0 Å². The molecule has 4 N–H and O–H groups in total. The molecule has 2 amide bonds. The van der Waals surface area contributed by atoms with E-state index in [0.717, 1.165) is 12.8 Å². The summed E-state index contributed by atoms with van der Waals surface area (Å²) in [7, 11) is 0. The number of hydrogen-bond donors (Lipinski definition) is 3. The van der Waals surface area contributed by atoms with Crippen molar-refractivity contribution in [2.75, 3.05) is 11.1 Å². The van der Waals surface area contributed by atoms with Crippen molar-refractivity contribution in [3.05, 3.63) is 17.6 Å². The molecule has 3 aromatic heterocycles. The third-order valence-corrected chi connectivity index (χ3v) is 7.51. The Morgan fingerprint density at radius 1 is 1.15 bits per heavy atom. The summed E-state index contributed by atoms with van der Waals surface area (Å²) in [6, 6.07) is -0.00561. The van der Waals surface area contributed by atoms with Crippen LogP contribution in [0.4, 0.5) is 33.6 Å². The van der Waals surface area contributed by atoms with Crippen LogP contribution < -0.4 is 16.4 Å². The van der Waals surface area contributed by atoms with Crippen LogP contribution >= 0.6 is 0 Å². The quantitative estimate of drug-likeness (QED) is 0.278. The maximum atomic E-state index is 13.7. The number of carbonyl (C=O) groups is 2. The number of nitrogens with zero attached hydrogens (tertiary/aromatic N) is 6. The van der Waals surface area contributed by atoms with E-state index in [4.69, 9.17) is 5.73 Å². The summed E-state index contributed by atoms with van der Waals surface area (Å²) in [5.41, 5.74) is 5.12. The summed E-state index contributed by atoms with van der Waals surface area (Å²) < 4.78 is 67.0. The average molecular weight is 566 g/mol. The first kappa shape index (κ1) is 26.3. The average Bonchev–Trinajstić information content (AvgIpc) is 3.82. The van der Waals surface area contributed by atoms with Crippen LogP contribution in [0.1, 0.15) is 50.4 Å². The molecule has 11 nitrogen and oxygen atoms in total. The number of nitrogens with one attached hydrogen (secondary N) is 2. The summed E-state index contributed by atoms with van der Waals surface area (Å²) >= 11 is 0. The molecule has 212 valence electrons. The predicted octanol–water partition coefficient (Wildman–Crippen LogP) is 2.89. The highest BCUT2D eigenvalue weighted by molar-refractivity contribution is 6.22. The first-order valence-electron chi connectivity index (χ1n) is 12.8. The Hall–Kier alpha value is -3.98. The Bertz CT molecular complexity index is 1550. The molecule has 1 unspecified atom stereocenters. The molecule has 6 rings (SSSR count). The van der Waals surface area contributed by atoms with Gasteiger partial charge in [0.1, 0.15) is 23.2 Å². The van der Waals surface area contributed by atoms with Gasteiger partial charge < -0.3 is 16.4 Å². The first-order chi connectivity index (χ1) is 18.9. The van der Waals surface area contributed by atoms with Crippen molar-refractivity contribution in [3.63, 3.8) is 0 Å². The molecule has 3 aliphatic rings. The zero-order valence-corrected chi connectivity index (χ0v) is 21.1. The molecule has 1 atom stereocenters. The number of nitrogen functional groups attached to an aromatic ring is 1. The minimum atomic E-state index is -5.72. The summed E-state index contributed by atoms with van der Waals surface area (Å²) in [5, 5.41) is 10.0. The van der Waals surface area contributed by atoms with Gasteiger partial charge in [-0.05, 0) is 38.5 Å². The molecular formula is C24H24F5N9O2. The van der Waals surface area contributed by atoms with Gasteiger partial charge in [-0.15, -0.1) is 0 Å². The summed E-state index contributed by atoms with van der Waals surface area (Å²) in [4.78, 5) is 43.9. The molecule has 0 aromatic carbocycles.